The second-order valence-electron chi connectivity index (χ2n) is 2.69. The molecule has 1 rings (SSSR count). The first-order valence-electron chi connectivity index (χ1n) is 3.79. The average Bonchev–Trinajstić information content (AvgIpc) is 2.30. The number of rotatable bonds is 3. The smallest absolute Gasteiger partial charge is 0.169 e. The lowest BCUT2D eigenvalue weighted by atomic mass is 10.1. The Morgan fingerprint density at radius 1 is 1.75 bits per heavy atom. The lowest BCUT2D eigenvalue weighted by Crippen LogP contribution is -2.06. The van der Waals surface area contributed by atoms with Crippen LogP contribution in [0, 0.1) is 6.92 Å². The molecule has 0 amide bonds. The number of aryl methyl sites for hydroxylation is 1. The van der Waals surface area contributed by atoms with E-state index in [1.165, 1.54) is 0 Å². The lowest BCUT2D eigenvalue weighted by Gasteiger charge is -2.05. The molecule has 0 spiro atoms. The third kappa shape index (κ3) is 2.09. The first-order chi connectivity index (χ1) is 5.65. The Bertz CT molecular complexity index is 260. The molecule has 3 N–H and O–H groups in total. The van der Waals surface area contributed by atoms with Gasteiger partial charge >= 0.3 is 0 Å². The standard InChI is InChI=1S/C8H12BrNO2/c1-5-4-7(9)12-8(5)6(11)2-3-10/h4,6,11H,2-3,10H2,1H3/t6-/m0/s1. The third-order valence-electron chi connectivity index (χ3n) is 1.67. The molecule has 12 heavy (non-hydrogen) atoms. The summed E-state index contributed by atoms with van der Waals surface area (Å²) >= 11 is 3.19. The number of halogens is 1. The van der Waals surface area contributed by atoms with Crippen molar-refractivity contribution in [2.24, 2.45) is 5.73 Å². The fourth-order valence-corrected chi connectivity index (χ4v) is 1.59. The second-order valence-corrected chi connectivity index (χ2v) is 3.47. The number of aliphatic hydroxyl groups excluding tert-OH is 1. The van der Waals surface area contributed by atoms with Crippen molar-refractivity contribution in [3.05, 3.63) is 22.1 Å². The molecular weight excluding hydrogens is 222 g/mol. The normalized spacial score (nSPS) is 13.3. The van der Waals surface area contributed by atoms with Gasteiger partial charge in [-0.2, -0.15) is 0 Å². The fourth-order valence-electron chi connectivity index (χ4n) is 1.08. The highest BCUT2D eigenvalue weighted by atomic mass is 79.9. The number of hydrogen-bond acceptors (Lipinski definition) is 3. The molecule has 1 atom stereocenters. The molecule has 0 bridgehead atoms. The second kappa shape index (κ2) is 4.07. The molecule has 0 saturated heterocycles. The highest BCUT2D eigenvalue weighted by Gasteiger charge is 2.14. The van der Waals surface area contributed by atoms with E-state index >= 15 is 0 Å². The first-order valence-corrected chi connectivity index (χ1v) is 4.58. The summed E-state index contributed by atoms with van der Waals surface area (Å²) in [5.74, 6) is 0.604. The Hall–Kier alpha value is -0.320. The first kappa shape index (κ1) is 9.77. The maximum atomic E-state index is 9.52. The van der Waals surface area contributed by atoms with E-state index in [1.807, 2.05) is 13.0 Å². The van der Waals surface area contributed by atoms with Crippen LogP contribution in [-0.4, -0.2) is 11.7 Å². The molecule has 3 nitrogen and oxygen atoms in total. The van der Waals surface area contributed by atoms with Gasteiger partial charge in [-0.15, -0.1) is 0 Å². The summed E-state index contributed by atoms with van der Waals surface area (Å²) in [4.78, 5) is 0. The van der Waals surface area contributed by atoms with Gasteiger partial charge in [-0.3, -0.25) is 0 Å². The highest BCUT2D eigenvalue weighted by Crippen LogP contribution is 2.26. The van der Waals surface area contributed by atoms with E-state index in [1.54, 1.807) is 0 Å². The largest absolute Gasteiger partial charge is 0.451 e. The molecule has 0 aromatic carbocycles. The summed E-state index contributed by atoms with van der Waals surface area (Å²) in [7, 11) is 0. The fraction of sp³-hybridized carbons (Fsp3) is 0.500. The highest BCUT2D eigenvalue weighted by molar-refractivity contribution is 9.10. The Morgan fingerprint density at radius 3 is 2.83 bits per heavy atom. The summed E-state index contributed by atoms with van der Waals surface area (Å²) < 4.78 is 5.88. The van der Waals surface area contributed by atoms with Crippen LogP contribution in [-0.2, 0) is 0 Å². The van der Waals surface area contributed by atoms with E-state index in [-0.39, 0.29) is 0 Å². The van der Waals surface area contributed by atoms with Crippen molar-refractivity contribution in [2.45, 2.75) is 19.4 Å². The molecule has 0 radical (unpaired) electrons. The molecule has 1 heterocycles. The maximum Gasteiger partial charge on any atom is 0.169 e. The number of nitrogens with two attached hydrogens (primary N) is 1. The lowest BCUT2D eigenvalue weighted by molar-refractivity contribution is 0.140. The van der Waals surface area contributed by atoms with E-state index in [4.69, 9.17) is 10.2 Å². The van der Waals surface area contributed by atoms with E-state index in [0.29, 0.717) is 23.4 Å². The zero-order valence-electron chi connectivity index (χ0n) is 6.88. The van der Waals surface area contributed by atoms with Gasteiger partial charge in [-0.25, -0.2) is 0 Å². The minimum absolute atomic E-state index is 0.457. The topological polar surface area (TPSA) is 59.4 Å². The van der Waals surface area contributed by atoms with Gasteiger partial charge in [0.1, 0.15) is 11.9 Å². The number of aliphatic hydroxyl groups is 1. The quantitative estimate of drug-likeness (QED) is 0.837. The van der Waals surface area contributed by atoms with Crippen molar-refractivity contribution < 1.29 is 9.52 Å². The van der Waals surface area contributed by atoms with Crippen LogP contribution in [0.15, 0.2) is 15.2 Å². The monoisotopic (exact) mass is 233 g/mol. The van der Waals surface area contributed by atoms with E-state index < -0.39 is 6.10 Å². The minimum atomic E-state index is -0.582. The minimum Gasteiger partial charge on any atom is -0.451 e. The van der Waals surface area contributed by atoms with Crippen molar-refractivity contribution in [2.75, 3.05) is 6.54 Å². The number of furan rings is 1. The molecule has 0 unspecified atom stereocenters. The predicted octanol–water partition coefficient (Wildman–Crippen LogP) is 1.73. The van der Waals surface area contributed by atoms with E-state index in [9.17, 15) is 5.11 Å². The van der Waals surface area contributed by atoms with Crippen LogP contribution in [0.5, 0.6) is 0 Å². The van der Waals surface area contributed by atoms with E-state index in [0.717, 1.165) is 5.56 Å². The molecule has 0 aliphatic heterocycles. The van der Waals surface area contributed by atoms with Gasteiger partial charge in [-0.05, 0) is 47.4 Å². The van der Waals surface area contributed by atoms with Gasteiger partial charge in [-0.1, -0.05) is 0 Å². The van der Waals surface area contributed by atoms with Crippen molar-refractivity contribution in [3.8, 4) is 0 Å². The Labute approximate surface area is 79.7 Å². The van der Waals surface area contributed by atoms with Gasteiger partial charge in [0, 0.05) is 0 Å². The molecule has 0 aliphatic carbocycles. The molecule has 0 fully saturated rings. The molecule has 4 heteroatoms. The molecule has 0 aliphatic rings. The van der Waals surface area contributed by atoms with Crippen LogP contribution in [0.1, 0.15) is 23.8 Å². The van der Waals surface area contributed by atoms with Crippen molar-refractivity contribution >= 4 is 15.9 Å². The van der Waals surface area contributed by atoms with Crippen LogP contribution in [0.4, 0.5) is 0 Å². The van der Waals surface area contributed by atoms with Crippen molar-refractivity contribution in [1.29, 1.82) is 0 Å². The summed E-state index contributed by atoms with van der Waals surface area (Å²) in [6, 6.07) is 1.83. The van der Waals surface area contributed by atoms with Crippen LogP contribution in [0.3, 0.4) is 0 Å². The van der Waals surface area contributed by atoms with Gasteiger partial charge < -0.3 is 15.3 Å². The van der Waals surface area contributed by atoms with Crippen LogP contribution < -0.4 is 5.73 Å². The molecule has 68 valence electrons. The summed E-state index contributed by atoms with van der Waals surface area (Å²) in [6.07, 6.45) is -0.0536. The molecule has 0 saturated carbocycles. The van der Waals surface area contributed by atoms with Gasteiger partial charge in [0.2, 0.25) is 0 Å². The number of hydrogen-bond donors (Lipinski definition) is 2. The zero-order chi connectivity index (χ0) is 9.14. The van der Waals surface area contributed by atoms with Crippen molar-refractivity contribution in [1.82, 2.24) is 0 Å². The van der Waals surface area contributed by atoms with Crippen LogP contribution in [0.2, 0.25) is 0 Å². The SMILES string of the molecule is Cc1cc(Br)oc1[C@@H](O)CCN. The van der Waals surface area contributed by atoms with Gasteiger partial charge in [0.15, 0.2) is 4.67 Å². The molecular formula is C8H12BrNO2. The predicted molar refractivity (Wildman–Crippen MR) is 49.8 cm³/mol. The Balaban J connectivity index is 2.79. The average molecular weight is 234 g/mol. The summed E-state index contributed by atoms with van der Waals surface area (Å²) in [6.45, 7) is 2.35. The summed E-state index contributed by atoms with van der Waals surface area (Å²) in [5, 5.41) is 9.52. The van der Waals surface area contributed by atoms with Crippen LogP contribution in [0.25, 0.3) is 0 Å². The Morgan fingerprint density at radius 2 is 2.42 bits per heavy atom. The van der Waals surface area contributed by atoms with Gasteiger partial charge in [0.05, 0.1) is 0 Å². The molecule has 1 aromatic rings. The third-order valence-corrected chi connectivity index (χ3v) is 2.06. The summed E-state index contributed by atoms with van der Waals surface area (Å²) in [5.41, 5.74) is 6.26. The van der Waals surface area contributed by atoms with Crippen molar-refractivity contribution in [3.63, 3.8) is 0 Å². The van der Waals surface area contributed by atoms with Crippen LogP contribution >= 0.6 is 15.9 Å². The van der Waals surface area contributed by atoms with Gasteiger partial charge in [0.25, 0.3) is 0 Å². The maximum absolute atomic E-state index is 9.52. The molecule has 1 aromatic heterocycles. The zero-order valence-corrected chi connectivity index (χ0v) is 8.47. The van der Waals surface area contributed by atoms with E-state index in [2.05, 4.69) is 15.9 Å². The Kier molecular flexibility index (Phi) is 3.31.